The third-order valence-electron chi connectivity index (χ3n) is 22.1. The van der Waals surface area contributed by atoms with Crippen molar-refractivity contribution in [3.8, 4) is 55.6 Å². The van der Waals surface area contributed by atoms with Gasteiger partial charge in [-0.25, -0.2) is 0 Å². The van der Waals surface area contributed by atoms with Gasteiger partial charge in [-0.15, -0.1) is 0 Å². The SMILES string of the molecule is CC(C)(C)c1ccc(N2c3cc(-c4ccc([Si](c5ccccc5)(c5ccccc5)c5cccc(-c6ccccc6)c5)cc4)ccc3B3c4ccc([Si](c5ccccc5)(c5ccccc5)c5cccc(-c6ccccc6)c5)cc4N(c4ccc(-c5ccccc5)cc4)c4cccc2c43)c(-c2ccccc2)c1. The van der Waals surface area contributed by atoms with Crippen molar-refractivity contribution >= 4 is 115 Å². The topological polar surface area (TPSA) is 6.48 Å². The van der Waals surface area contributed by atoms with Gasteiger partial charge in [-0.3, -0.25) is 0 Å². The number of nitrogens with zero attached hydrogens (tertiary/aromatic N) is 2. The summed E-state index contributed by atoms with van der Waals surface area (Å²) in [7, 11) is -6.14. The molecule has 0 amide bonds. The van der Waals surface area contributed by atoms with Crippen molar-refractivity contribution in [1.82, 2.24) is 0 Å². The maximum atomic E-state index is 2.62. The van der Waals surface area contributed by atoms with Crippen LogP contribution >= 0.6 is 0 Å². The molecule has 0 aliphatic carbocycles. The Morgan fingerprint density at radius 1 is 0.219 bits per heavy atom. The van der Waals surface area contributed by atoms with E-state index in [0.29, 0.717) is 0 Å². The highest BCUT2D eigenvalue weighted by Crippen LogP contribution is 2.48. The molecule has 0 saturated heterocycles. The molecule has 0 N–H and O–H groups in total. The van der Waals surface area contributed by atoms with Crippen LogP contribution in [0.3, 0.4) is 0 Å². The molecule has 0 fully saturated rings. The zero-order valence-corrected chi connectivity index (χ0v) is 61.2. The second kappa shape index (κ2) is 27.1. The van der Waals surface area contributed by atoms with Crippen LogP contribution in [0.2, 0.25) is 0 Å². The number of fused-ring (bicyclic) bond motifs is 4. The van der Waals surface area contributed by atoms with Crippen LogP contribution in [-0.4, -0.2) is 22.9 Å². The fraction of sp³-hybridized carbons (Fsp3) is 0.0400. The van der Waals surface area contributed by atoms with Crippen LogP contribution in [0.1, 0.15) is 26.3 Å². The molecule has 0 bridgehead atoms. The summed E-state index contributed by atoms with van der Waals surface area (Å²) >= 11 is 0. The van der Waals surface area contributed by atoms with E-state index in [4.69, 9.17) is 0 Å². The van der Waals surface area contributed by atoms with Gasteiger partial charge < -0.3 is 9.80 Å². The van der Waals surface area contributed by atoms with Gasteiger partial charge in [0.1, 0.15) is 0 Å². The summed E-state index contributed by atoms with van der Waals surface area (Å²) < 4.78 is 0. The maximum Gasteiger partial charge on any atom is 0.252 e. The van der Waals surface area contributed by atoms with Gasteiger partial charge in [0.05, 0.1) is 5.69 Å². The minimum absolute atomic E-state index is 0.102. The first-order valence-electron chi connectivity index (χ1n) is 36.7. The first-order chi connectivity index (χ1) is 51.7. The highest BCUT2D eigenvalue weighted by molar-refractivity contribution is 7.20. The van der Waals surface area contributed by atoms with Gasteiger partial charge in [-0.2, -0.15) is 0 Å². The van der Waals surface area contributed by atoms with E-state index in [9.17, 15) is 0 Å². The second-order valence-corrected chi connectivity index (χ2v) is 36.7. The molecule has 105 heavy (non-hydrogen) atoms. The van der Waals surface area contributed by atoms with Gasteiger partial charge >= 0.3 is 0 Å². The quantitative estimate of drug-likeness (QED) is 0.0746. The molecule has 18 rings (SSSR count). The molecule has 0 aromatic heterocycles. The molecule has 16 aromatic carbocycles. The van der Waals surface area contributed by atoms with E-state index in [2.05, 4.69) is 443 Å². The summed E-state index contributed by atoms with van der Waals surface area (Å²) in [6.07, 6.45) is 0. The lowest BCUT2D eigenvalue weighted by molar-refractivity contribution is 0.590. The Bertz CT molecular complexity index is 5720. The summed E-state index contributed by atoms with van der Waals surface area (Å²) in [5, 5.41) is 10.7. The summed E-state index contributed by atoms with van der Waals surface area (Å²) in [5.41, 5.74) is 23.7. The first-order valence-corrected chi connectivity index (χ1v) is 40.7. The lowest BCUT2D eigenvalue weighted by Crippen LogP contribution is -2.75. The zero-order chi connectivity index (χ0) is 70.5. The van der Waals surface area contributed by atoms with Crippen LogP contribution in [0.25, 0.3) is 55.6 Å². The van der Waals surface area contributed by atoms with Gasteiger partial charge in [0.25, 0.3) is 6.71 Å². The molecule has 0 unspecified atom stereocenters. The fourth-order valence-electron chi connectivity index (χ4n) is 17.1. The van der Waals surface area contributed by atoms with Gasteiger partial charge in [0.2, 0.25) is 0 Å². The molecular weight excluding hydrogens is 1300 g/mol. The van der Waals surface area contributed by atoms with Crippen molar-refractivity contribution in [2.75, 3.05) is 9.80 Å². The molecule has 5 heteroatoms. The molecule has 2 nitrogen and oxygen atoms in total. The smallest absolute Gasteiger partial charge is 0.252 e. The van der Waals surface area contributed by atoms with Crippen LogP contribution in [0, 0.1) is 0 Å². The number of hydrogen-bond donors (Lipinski definition) is 0. The molecule has 2 aliphatic rings. The van der Waals surface area contributed by atoms with Gasteiger partial charge in [-0.1, -0.05) is 385 Å². The number of anilines is 6. The lowest BCUT2D eigenvalue weighted by atomic mass is 9.33. The average Bonchev–Trinajstić information content (AvgIpc) is 0.692. The minimum atomic E-state index is -3.18. The van der Waals surface area contributed by atoms with Crippen molar-refractivity contribution in [1.29, 1.82) is 0 Å². The van der Waals surface area contributed by atoms with Crippen LogP contribution in [0.4, 0.5) is 34.1 Å². The Morgan fingerprint density at radius 3 is 1.03 bits per heavy atom. The van der Waals surface area contributed by atoms with Gasteiger partial charge in [-0.05, 0) is 167 Å². The number of hydrogen-bond acceptors (Lipinski definition) is 2. The molecule has 0 spiro atoms. The maximum absolute atomic E-state index is 3.18. The summed E-state index contributed by atoms with van der Waals surface area (Å²) in [6.45, 7) is 6.83. The largest absolute Gasteiger partial charge is 0.311 e. The third-order valence-corrected chi connectivity index (χ3v) is 31.7. The van der Waals surface area contributed by atoms with Gasteiger partial charge in [0.15, 0.2) is 16.1 Å². The summed E-state index contributed by atoms with van der Waals surface area (Å²) in [6, 6.07) is 156. The average molecular weight is 1370 g/mol. The van der Waals surface area contributed by atoms with Crippen molar-refractivity contribution in [3.63, 3.8) is 0 Å². The Balaban J connectivity index is 0.879. The van der Waals surface area contributed by atoms with E-state index in [0.717, 1.165) is 39.6 Å². The van der Waals surface area contributed by atoms with Crippen molar-refractivity contribution in [2.24, 2.45) is 0 Å². The molecular formula is C100H77BN2Si2. The van der Waals surface area contributed by atoms with Crippen LogP contribution in [0.15, 0.2) is 413 Å². The number of benzene rings is 16. The molecule has 0 saturated carbocycles. The highest BCUT2D eigenvalue weighted by Gasteiger charge is 2.48. The van der Waals surface area contributed by atoms with E-state index in [-0.39, 0.29) is 12.1 Å². The van der Waals surface area contributed by atoms with E-state index in [1.807, 2.05) is 0 Å². The van der Waals surface area contributed by atoms with E-state index < -0.39 is 16.1 Å². The Morgan fingerprint density at radius 2 is 0.543 bits per heavy atom. The van der Waals surface area contributed by atoms with Crippen LogP contribution < -0.4 is 67.7 Å². The Labute approximate surface area is 620 Å². The van der Waals surface area contributed by atoms with Crippen molar-refractivity contribution < 1.29 is 0 Å². The van der Waals surface area contributed by atoms with E-state index in [1.54, 1.807) is 0 Å². The molecule has 2 aliphatic heterocycles. The zero-order valence-electron chi connectivity index (χ0n) is 59.2. The summed E-state index contributed by atoms with van der Waals surface area (Å²) in [4.78, 5) is 5.23. The Hall–Kier alpha value is -12.4. The molecule has 498 valence electrons. The van der Waals surface area contributed by atoms with Gasteiger partial charge in [0, 0.05) is 34.0 Å². The normalized spacial score (nSPS) is 12.5. The molecule has 2 heterocycles. The van der Waals surface area contributed by atoms with Crippen LogP contribution in [0.5, 0.6) is 0 Å². The predicted molar refractivity (Wildman–Crippen MR) is 454 cm³/mol. The lowest BCUT2D eigenvalue weighted by Gasteiger charge is -2.45. The molecule has 0 atom stereocenters. The number of rotatable bonds is 15. The van der Waals surface area contributed by atoms with E-state index >= 15 is 0 Å². The second-order valence-electron chi connectivity index (χ2n) is 29.1. The van der Waals surface area contributed by atoms with Crippen molar-refractivity contribution in [2.45, 2.75) is 26.2 Å². The highest BCUT2D eigenvalue weighted by atomic mass is 28.3. The third kappa shape index (κ3) is 11.4. The molecule has 0 radical (unpaired) electrons. The predicted octanol–water partition coefficient (Wildman–Crippen LogP) is 18.2. The standard InChI is InChI=1S/C100H77BN2Si2/c1-100(2,3)81-58-66-94(91(70-81)77-37-18-7-19-38-77)103-96-52-30-51-95-99(96)101(92-64-57-80(69-97(92)103)76-55-61-87(62-56-76)104(83-41-20-8-21-42-83,84-43-22-9-23-44-84)88-49-28-39-78(67-88)73-33-14-5-15-34-73)93-65-63-90(71-98(93)102(95)82-59-53-75(54-60-82)72-31-12-4-13-32-72)105(85-45-24-10-25-46-85,86-47-26-11-27-48-86)89-50-29-40-79(68-89)74-35-16-6-17-36-74/h4-71H,1-3H3. The Kier molecular flexibility index (Phi) is 16.7. The first kappa shape index (κ1) is 64.7. The summed E-state index contributed by atoms with van der Waals surface area (Å²) in [5.74, 6) is 0. The van der Waals surface area contributed by atoms with Crippen molar-refractivity contribution in [3.05, 3.63) is 418 Å². The minimum Gasteiger partial charge on any atom is -0.311 e. The van der Waals surface area contributed by atoms with Crippen LogP contribution in [-0.2, 0) is 5.41 Å². The molecule has 16 aromatic rings. The van der Waals surface area contributed by atoms with E-state index in [1.165, 1.54) is 114 Å². The fourth-order valence-corrected chi connectivity index (χ4v) is 26.7. The monoisotopic (exact) mass is 1370 g/mol.